The molecule has 2 aromatic rings. The predicted octanol–water partition coefficient (Wildman–Crippen LogP) is 2.49. The lowest BCUT2D eigenvalue weighted by Gasteiger charge is -1.97. The number of H-pyrrole nitrogens is 1. The topological polar surface area (TPSA) is 32.9 Å². The molecule has 0 aliphatic carbocycles. The second-order valence-corrected chi connectivity index (χ2v) is 2.83. The number of nitrogens with one attached hydrogen (secondary N) is 1. The molecule has 0 unspecified atom stereocenters. The molecule has 1 heterocycles. The van der Waals surface area contributed by atoms with Gasteiger partial charge < -0.3 is 4.98 Å². The zero-order valence-corrected chi connectivity index (χ0v) is 7.03. The summed E-state index contributed by atoms with van der Waals surface area (Å²) in [6.07, 6.45) is 2.72. The maximum atomic E-state index is 10.5. The van der Waals surface area contributed by atoms with Gasteiger partial charge in [0.1, 0.15) is 6.29 Å². The highest BCUT2D eigenvalue weighted by Crippen LogP contribution is 2.17. The molecule has 1 aromatic carbocycles. The van der Waals surface area contributed by atoms with Gasteiger partial charge in [0.05, 0.1) is 0 Å². The summed E-state index contributed by atoms with van der Waals surface area (Å²) in [5, 5.41) is 0. The molecule has 0 amide bonds. The van der Waals surface area contributed by atoms with E-state index < -0.39 is 0 Å². The first-order chi connectivity index (χ1) is 6.40. The van der Waals surface area contributed by atoms with Gasteiger partial charge in [-0.3, -0.25) is 4.79 Å². The Labute approximate surface area is 76.2 Å². The Bertz CT molecular complexity index is 404. The summed E-state index contributed by atoms with van der Waals surface area (Å²) in [5.74, 6) is 0. The Balaban J connectivity index is 2.47. The van der Waals surface area contributed by atoms with Crippen molar-refractivity contribution < 1.29 is 4.79 Å². The highest BCUT2D eigenvalue weighted by molar-refractivity contribution is 5.78. The fourth-order valence-corrected chi connectivity index (χ4v) is 1.29. The van der Waals surface area contributed by atoms with Crippen LogP contribution in [0.25, 0.3) is 11.3 Å². The van der Waals surface area contributed by atoms with E-state index in [-0.39, 0.29) is 0 Å². The van der Waals surface area contributed by atoms with Crippen LogP contribution in [0.3, 0.4) is 0 Å². The molecule has 0 radical (unpaired) electrons. The predicted molar refractivity (Wildman–Crippen MR) is 51.6 cm³/mol. The van der Waals surface area contributed by atoms with Gasteiger partial charge >= 0.3 is 0 Å². The van der Waals surface area contributed by atoms with Gasteiger partial charge in [0.2, 0.25) is 0 Å². The molecule has 64 valence electrons. The van der Waals surface area contributed by atoms with Gasteiger partial charge in [-0.25, -0.2) is 0 Å². The van der Waals surface area contributed by atoms with Crippen molar-refractivity contribution in [2.24, 2.45) is 0 Å². The molecule has 0 fully saturated rings. The van der Waals surface area contributed by atoms with E-state index in [1.165, 1.54) is 0 Å². The van der Waals surface area contributed by atoms with Crippen molar-refractivity contribution >= 4 is 6.29 Å². The zero-order valence-electron chi connectivity index (χ0n) is 7.03. The molecule has 2 nitrogen and oxygen atoms in total. The number of benzene rings is 1. The summed E-state index contributed by atoms with van der Waals surface area (Å²) in [7, 11) is 0. The largest absolute Gasteiger partial charge is 0.361 e. The molecule has 1 N–H and O–H groups in total. The van der Waals surface area contributed by atoms with E-state index in [1.807, 2.05) is 36.5 Å². The third-order valence-electron chi connectivity index (χ3n) is 1.93. The van der Waals surface area contributed by atoms with Gasteiger partial charge in [-0.15, -0.1) is 0 Å². The van der Waals surface area contributed by atoms with Crippen LogP contribution in [0.4, 0.5) is 0 Å². The Kier molecular flexibility index (Phi) is 1.96. The van der Waals surface area contributed by atoms with Crippen molar-refractivity contribution in [2.45, 2.75) is 0 Å². The van der Waals surface area contributed by atoms with Crippen LogP contribution >= 0.6 is 0 Å². The van der Waals surface area contributed by atoms with Crippen LogP contribution in [-0.2, 0) is 0 Å². The zero-order chi connectivity index (χ0) is 9.10. The first kappa shape index (κ1) is 7.80. The molecular weight excluding hydrogens is 162 g/mol. The van der Waals surface area contributed by atoms with E-state index >= 15 is 0 Å². The molecule has 0 saturated carbocycles. The number of aldehydes is 1. The van der Waals surface area contributed by atoms with E-state index in [1.54, 1.807) is 6.07 Å². The standard InChI is InChI=1S/C11H9NO/c13-8-9-3-1-4-10(7-9)11-5-2-6-12-11/h1-8,12H. The monoisotopic (exact) mass is 171 g/mol. The summed E-state index contributed by atoms with van der Waals surface area (Å²) in [4.78, 5) is 13.6. The maximum absolute atomic E-state index is 10.5. The number of hydrogen-bond donors (Lipinski definition) is 1. The van der Waals surface area contributed by atoms with Gasteiger partial charge in [0.25, 0.3) is 0 Å². The van der Waals surface area contributed by atoms with E-state index in [9.17, 15) is 4.79 Å². The Morgan fingerprint density at radius 3 is 2.77 bits per heavy atom. The van der Waals surface area contributed by atoms with Crippen LogP contribution in [0.5, 0.6) is 0 Å². The van der Waals surface area contributed by atoms with Crippen LogP contribution in [0, 0.1) is 0 Å². The fraction of sp³-hybridized carbons (Fsp3) is 0. The number of rotatable bonds is 2. The highest BCUT2D eigenvalue weighted by Gasteiger charge is 1.97. The van der Waals surface area contributed by atoms with E-state index in [2.05, 4.69) is 4.98 Å². The lowest BCUT2D eigenvalue weighted by atomic mass is 10.1. The average molecular weight is 171 g/mol. The van der Waals surface area contributed by atoms with Crippen molar-refractivity contribution in [2.75, 3.05) is 0 Å². The van der Waals surface area contributed by atoms with Crippen molar-refractivity contribution in [1.29, 1.82) is 0 Å². The molecular formula is C11H9NO. The average Bonchev–Trinajstić information content (AvgIpc) is 2.71. The Hall–Kier alpha value is -1.83. The number of aromatic amines is 1. The molecule has 0 spiro atoms. The van der Waals surface area contributed by atoms with Crippen LogP contribution in [-0.4, -0.2) is 11.3 Å². The number of aromatic nitrogens is 1. The smallest absolute Gasteiger partial charge is 0.150 e. The molecule has 0 saturated heterocycles. The van der Waals surface area contributed by atoms with Crippen LogP contribution in [0.2, 0.25) is 0 Å². The maximum Gasteiger partial charge on any atom is 0.150 e. The van der Waals surface area contributed by atoms with Crippen molar-refractivity contribution in [3.05, 3.63) is 48.2 Å². The first-order valence-corrected chi connectivity index (χ1v) is 4.09. The van der Waals surface area contributed by atoms with Crippen LogP contribution in [0.1, 0.15) is 10.4 Å². The van der Waals surface area contributed by atoms with Crippen molar-refractivity contribution in [1.82, 2.24) is 4.98 Å². The minimum absolute atomic E-state index is 0.701. The molecule has 2 rings (SSSR count). The second-order valence-electron chi connectivity index (χ2n) is 2.83. The molecule has 0 bridgehead atoms. The van der Waals surface area contributed by atoms with Gasteiger partial charge in [-0.2, -0.15) is 0 Å². The lowest BCUT2D eigenvalue weighted by molar-refractivity contribution is 0.112. The third kappa shape index (κ3) is 1.51. The van der Waals surface area contributed by atoms with Gasteiger partial charge in [-0.05, 0) is 23.8 Å². The van der Waals surface area contributed by atoms with Crippen molar-refractivity contribution in [3.8, 4) is 11.3 Å². The normalized spacial score (nSPS) is 9.85. The molecule has 1 aromatic heterocycles. The molecule has 2 heteroatoms. The summed E-state index contributed by atoms with van der Waals surface area (Å²) < 4.78 is 0. The first-order valence-electron chi connectivity index (χ1n) is 4.09. The summed E-state index contributed by atoms with van der Waals surface area (Å²) in [6.45, 7) is 0. The third-order valence-corrected chi connectivity index (χ3v) is 1.93. The van der Waals surface area contributed by atoms with Gasteiger partial charge in [-0.1, -0.05) is 18.2 Å². The quantitative estimate of drug-likeness (QED) is 0.692. The molecule has 0 atom stereocenters. The fourth-order valence-electron chi connectivity index (χ4n) is 1.29. The lowest BCUT2D eigenvalue weighted by Crippen LogP contribution is -1.81. The van der Waals surface area contributed by atoms with Crippen LogP contribution in [0.15, 0.2) is 42.6 Å². The molecule has 0 aliphatic rings. The minimum atomic E-state index is 0.701. The Morgan fingerprint density at radius 1 is 1.15 bits per heavy atom. The second kappa shape index (κ2) is 3.27. The van der Waals surface area contributed by atoms with Crippen LogP contribution < -0.4 is 0 Å². The van der Waals surface area contributed by atoms with Gasteiger partial charge in [0, 0.05) is 17.5 Å². The summed E-state index contributed by atoms with van der Waals surface area (Å²) in [6, 6.07) is 11.4. The highest BCUT2D eigenvalue weighted by atomic mass is 16.1. The van der Waals surface area contributed by atoms with Gasteiger partial charge in [0.15, 0.2) is 0 Å². The summed E-state index contributed by atoms with van der Waals surface area (Å²) >= 11 is 0. The Morgan fingerprint density at radius 2 is 2.08 bits per heavy atom. The van der Waals surface area contributed by atoms with E-state index in [4.69, 9.17) is 0 Å². The van der Waals surface area contributed by atoms with Crippen molar-refractivity contribution in [3.63, 3.8) is 0 Å². The number of hydrogen-bond acceptors (Lipinski definition) is 1. The summed E-state index contributed by atoms with van der Waals surface area (Å²) in [5.41, 5.74) is 2.77. The van der Waals surface area contributed by atoms with E-state index in [0.29, 0.717) is 5.56 Å². The van der Waals surface area contributed by atoms with E-state index in [0.717, 1.165) is 17.5 Å². The molecule has 13 heavy (non-hydrogen) atoms. The molecule has 0 aliphatic heterocycles. The number of carbonyl (C=O) groups excluding carboxylic acids is 1. The minimum Gasteiger partial charge on any atom is -0.361 e. The number of carbonyl (C=O) groups is 1. The SMILES string of the molecule is O=Cc1cccc(-c2ccc[nH]2)c1.